The van der Waals surface area contributed by atoms with Gasteiger partial charge in [-0.1, -0.05) is 60.9 Å². The Labute approximate surface area is 149 Å². The molecule has 0 spiro atoms. The van der Waals surface area contributed by atoms with Crippen LogP contribution in [0.2, 0.25) is 0 Å². The van der Waals surface area contributed by atoms with Gasteiger partial charge >= 0.3 is 0 Å². The third kappa shape index (κ3) is 4.25. The van der Waals surface area contributed by atoms with Crippen molar-refractivity contribution in [3.63, 3.8) is 0 Å². The van der Waals surface area contributed by atoms with Crippen molar-refractivity contribution in [2.24, 2.45) is 5.73 Å². The number of aromatic nitrogens is 1. The number of nitrogens with two attached hydrogens (primary N) is 1. The van der Waals surface area contributed by atoms with Gasteiger partial charge in [0.15, 0.2) is 0 Å². The van der Waals surface area contributed by atoms with E-state index in [0.29, 0.717) is 6.54 Å². The lowest BCUT2D eigenvalue weighted by molar-refractivity contribution is 0.165. The number of rotatable bonds is 7. The molecule has 0 aliphatic heterocycles. The Morgan fingerprint density at radius 3 is 2.52 bits per heavy atom. The van der Waals surface area contributed by atoms with Gasteiger partial charge in [0.2, 0.25) is 0 Å². The van der Waals surface area contributed by atoms with Crippen molar-refractivity contribution in [3.05, 3.63) is 65.7 Å². The number of para-hydroxylation sites is 1. The fourth-order valence-corrected chi connectivity index (χ4v) is 3.16. The number of fused-ring (bicyclic) bond motifs is 1. The fraction of sp³-hybridized carbons (Fsp3) is 0.318. The second-order valence-corrected chi connectivity index (χ2v) is 6.63. The SMILES string of the molecule is Cc1ccc(-c2cc([C@@H](O)CCCCCN)c3ccccc3n2)cc1. The van der Waals surface area contributed by atoms with E-state index >= 15 is 0 Å². The average Bonchev–Trinajstić information content (AvgIpc) is 2.65. The lowest BCUT2D eigenvalue weighted by atomic mass is 9.97. The Kier molecular flexibility index (Phi) is 5.79. The molecule has 0 saturated heterocycles. The second-order valence-electron chi connectivity index (χ2n) is 6.63. The molecule has 0 bridgehead atoms. The van der Waals surface area contributed by atoms with Gasteiger partial charge in [-0.2, -0.15) is 0 Å². The molecule has 1 heterocycles. The first-order valence-electron chi connectivity index (χ1n) is 9.04. The molecule has 3 aromatic rings. The zero-order valence-electron chi connectivity index (χ0n) is 14.8. The zero-order chi connectivity index (χ0) is 17.6. The maximum absolute atomic E-state index is 10.8. The molecule has 0 amide bonds. The molecule has 0 aliphatic carbocycles. The lowest BCUT2D eigenvalue weighted by Gasteiger charge is -2.15. The predicted molar refractivity (Wildman–Crippen MR) is 104 cm³/mol. The molecule has 3 N–H and O–H groups in total. The predicted octanol–water partition coefficient (Wildman–Crippen LogP) is 4.76. The van der Waals surface area contributed by atoms with Crippen molar-refractivity contribution in [3.8, 4) is 11.3 Å². The monoisotopic (exact) mass is 334 g/mol. The number of benzene rings is 2. The quantitative estimate of drug-likeness (QED) is 0.612. The smallest absolute Gasteiger partial charge is 0.0797 e. The molecule has 0 fully saturated rings. The van der Waals surface area contributed by atoms with Crippen molar-refractivity contribution in [2.45, 2.75) is 38.7 Å². The highest BCUT2D eigenvalue weighted by molar-refractivity contribution is 5.85. The average molecular weight is 334 g/mol. The normalized spacial score (nSPS) is 12.4. The number of aliphatic hydroxyl groups is 1. The van der Waals surface area contributed by atoms with Gasteiger partial charge in [-0.15, -0.1) is 0 Å². The number of aryl methyl sites for hydroxylation is 1. The van der Waals surface area contributed by atoms with Gasteiger partial charge in [-0.3, -0.25) is 0 Å². The number of pyridine rings is 1. The maximum atomic E-state index is 10.8. The zero-order valence-corrected chi connectivity index (χ0v) is 14.8. The first kappa shape index (κ1) is 17.6. The second kappa shape index (κ2) is 8.24. The first-order chi connectivity index (χ1) is 12.2. The number of hydrogen-bond donors (Lipinski definition) is 2. The summed E-state index contributed by atoms with van der Waals surface area (Å²) < 4.78 is 0. The van der Waals surface area contributed by atoms with Crippen LogP contribution in [0.1, 0.15) is 42.9 Å². The highest BCUT2D eigenvalue weighted by Gasteiger charge is 2.14. The molecule has 130 valence electrons. The van der Waals surface area contributed by atoms with E-state index in [1.54, 1.807) is 0 Å². The van der Waals surface area contributed by atoms with Crippen molar-refractivity contribution < 1.29 is 5.11 Å². The number of aliphatic hydroxyl groups excluding tert-OH is 1. The number of hydrogen-bond acceptors (Lipinski definition) is 3. The van der Waals surface area contributed by atoms with E-state index in [9.17, 15) is 5.11 Å². The summed E-state index contributed by atoms with van der Waals surface area (Å²) in [5, 5.41) is 11.8. The van der Waals surface area contributed by atoms with Crippen LogP contribution in [0.4, 0.5) is 0 Å². The number of unbranched alkanes of at least 4 members (excludes halogenated alkanes) is 2. The minimum atomic E-state index is -0.477. The molecular weight excluding hydrogens is 308 g/mol. The van der Waals surface area contributed by atoms with Crippen LogP contribution in [-0.4, -0.2) is 16.6 Å². The Hall–Kier alpha value is -2.23. The highest BCUT2D eigenvalue weighted by atomic mass is 16.3. The molecule has 1 aromatic heterocycles. The lowest BCUT2D eigenvalue weighted by Crippen LogP contribution is -2.02. The first-order valence-corrected chi connectivity index (χ1v) is 9.04. The van der Waals surface area contributed by atoms with Gasteiger partial charge < -0.3 is 10.8 Å². The molecule has 0 radical (unpaired) electrons. The van der Waals surface area contributed by atoms with E-state index in [1.807, 2.05) is 30.3 Å². The summed E-state index contributed by atoms with van der Waals surface area (Å²) in [6.07, 6.45) is 3.32. The van der Waals surface area contributed by atoms with E-state index in [-0.39, 0.29) is 0 Å². The molecule has 3 nitrogen and oxygen atoms in total. The Bertz CT molecular complexity index is 827. The Balaban J connectivity index is 1.96. The fourth-order valence-electron chi connectivity index (χ4n) is 3.16. The maximum Gasteiger partial charge on any atom is 0.0797 e. The highest BCUT2D eigenvalue weighted by Crippen LogP contribution is 2.31. The molecule has 25 heavy (non-hydrogen) atoms. The van der Waals surface area contributed by atoms with E-state index in [2.05, 4.69) is 31.2 Å². The third-order valence-electron chi connectivity index (χ3n) is 4.64. The topological polar surface area (TPSA) is 59.1 Å². The number of nitrogens with zero attached hydrogens (tertiary/aromatic N) is 1. The standard InChI is InChI=1S/C22H26N2O/c1-16-10-12-17(13-11-16)21-15-19(22(25)9-3-2-6-14-23)18-7-4-5-8-20(18)24-21/h4-5,7-8,10-13,15,22,25H,2-3,6,9,14,23H2,1H3/t22-/m0/s1. The molecule has 0 unspecified atom stereocenters. The largest absolute Gasteiger partial charge is 0.388 e. The van der Waals surface area contributed by atoms with Crippen molar-refractivity contribution in [2.75, 3.05) is 6.54 Å². The molecule has 3 rings (SSSR count). The van der Waals surface area contributed by atoms with Crippen LogP contribution < -0.4 is 5.73 Å². The van der Waals surface area contributed by atoms with Crippen LogP contribution in [0.15, 0.2) is 54.6 Å². The molecular formula is C22H26N2O. The van der Waals surface area contributed by atoms with Crippen LogP contribution in [-0.2, 0) is 0 Å². The Morgan fingerprint density at radius 1 is 1.00 bits per heavy atom. The van der Waals surface area contributed by atoms with Gasteiger partial charge in [0.25, 0.3) is 0 Å². The summed E-state index contributed by atoms with van der Waals surface area (Å²) in [5.41, 5.74) is 10.7. The third-order valence-corrected chi connectivity index (χ3v) is 4.64. The van der Waals surface area contributed by atoms with Crippen LogP contribution in [0.25, 0.3) is 22.2 Å². The van der Waals surface area contributed by atoms with E-state index in [4.69, 9.17) is 10.7 Å². The molecule has 0 aliphatic rings. The molecule has 3 heteroatoms. The van der Waals surface area contributed by atoms with Gasteiger partial charge in [-0.05, 0) is 44.0 Å². The van der Waals surface area contributed by atoms with Crippen LogP contribution in [0.5, 0.6) is 0 Å². The molecule has 0 saturated carbocycles. The van der Waals surface area contributed by atoms with Crippen molar-refractivity contribution in [1.82, 2.24) is 4.98 Å². The summed E-state index contributed by atoms with van der Waals surface area (Å²) in [7, 11) is 0. The summed E-state index contributed by atoms with van der Waals surface area (Å²) in [6.45, 7) is 2.79. The Morgan fingerprint density at radius 2 is 1.76 bits per heavy atom. The van der Waals surface area contributed by atoms with Gasteiger partial charge in [0, 0.05) is 10.9 Å². The summed E-state index contributed by atoms with van der Waals surface area (Å²) >= 11 is 0. The van der Waals surface area contributed by atoms with Gasteiger partial charge in [-0.25, -0.2) is 4.98 Å². The summed E-state index contributed by atoms with van der Waals surface area (Å²) in [5.74, 6) is 0. The summed E-state index contributed by atoms with van der Waals surface area (Å²) in [4.78, 5) is 4.80. The van der Waals surface area contributed by atoms with Crippen molar-refractivity contribution in [1.29, 1.82) is 0 Å². The minimum Gasteiger partial charge on any atom is -0.388 e. The summed E-state index contributed by atoms with van der Waals surface area (Å²) in [6, 6.07) is 18.4. The van der Waals surface area contributed by atoms with E-state index in [1.165, 1.54) is 5.56 Å². The van der Waals surface area contributed by atoms with Crippen LogP contribution in [0, 0.1) is 6.92 Å². The van der Waals surface area contributed by atoms with E-state index in [0.717, 1.165) is 53.4 Å². The van der Waals surface area contributed by atoms with Gasteiger partial charge in [0.1, 0.15) is 0 Å². The van der Waals surface area contributed by atoms with Crippen LogP contribution in [0.3, 0.4) is 0 Å². The van der Waals surface area contributed by atoms with Gasteiger partial charge in [0.05, 0.1) is 17.3 Å². The minimum absolute atomic E-state index is 0.477. The van der Waals surface area contributed by atoms with E-state index < -0.39 is 6.10 Å². The molecule has 1 atom stereocenters. The van der Waals surface area contributed by atoms with Crippen molar-refractivity contribution >= 4 is 10.9 Å². The van der Waals surface area contributed by atoms with Crippen LogP contribution >= 0.6 is 0 Å². The molecule has 2 aromatic carbocycles.